The number of aliphatic hydroxyl groups excluding tert-OH is 1. The zero-order valence-electron chi connectivity index (χ0n) is 11.0. The molecule has 2 aromatic rings. The average Bonchev–Trinajstić information content (AvgIpc) is 2.47. The molecule has 0 saturated heterocycles. The van der Waals surface area contributed by atoms with E-state index in [1.165, 1.54) is 0 Å². The van der Waals surface area contributed by atoms with Crippen LogP contribution in [-0.4, -0.2) is 11.7 Å². The summed E-state index contributed by atoms with van der Waals surface area (Å²) in [7, 11) is 0. The zero-order valence-corrected chi connectivity index (χ0v) is 11.0. The highest BCUT2D eigenvalue weighted by Gasteiger charge is 2.19. The molecule has 1 atom stereocenters. The Morgan fingerprint density at radius 1 is 1.05 bits per heavy atom. The van der Waals surface area contributed by atoms with Crippen LogP contribution in [0, 0.1) is 0 Å². The fourth-order valence-electron chi connectivity index (χ4n) is 1.76. The van der Waals surface area contributed by atoms with Gasteiger partial charge in [-0.2, -0.15) is 0 Å². The first-order chi connectivity index (χ1) is 9.12. The molecule has 1 unspecified atom stereocenters. The number of hydrogen-bond acceptors (Lipinski definition) is 3. The van der Waals surface area contributed by atoms with E-state index in [0.717, 1.165) is 16.9 Å². The van der Waals surface area contributed by atoms with Crippen LogP contribution in [0.5, 0.6) is 5.75 Å². The molecule has 0 aliphatic carbocycles. The molecule has 0 radical (unpaired) electrons. The largest absolute Gasteiger partial charge is 0.489 e. The van der Waals surface area contributed by atoms with Gasteiger partial charge in [0.1, 0.15) is 12.4 Å². The first-order valence-corrected chi connectivity index (χ1v) is 6.29. The van der Waals surface area contributed by atoms with Crippen LogP contribution in [0.25, 0.3) is 0 Å². The van der Waals surface area contributed by atoms with Crippen molar-refractivity contribution in [1.29, 1.82) is 0 Å². The molecule has 0 spiro atoms. The summed E-state index contributed by atoms with van der Waals surface area (Å²) in [6, 6.07) is 17.5. The van der Waals surface area contributed by atoms with Crippen molar-refractivity contribution in [3.63, 3.8) is 0 Å². The van der Waals surface area contributed by atoms with Gasteiger partial charge in [-0.05, 0) is 30.2 Å². The lowest BCUT2D eigenvalue weighted by Crippen LogP contribution is -2.36. The lowest BCUT2D eigenvalue weighted by molar-refractivity contribution is 0.210. The standard InChI is InChI=1S/C16H19NO2/c1-16(17,12-18)14-7-9-15(10-8-14)19-11-13-5-3-2-4-6-13/h2-10,18H,11-12,17H2,1H3. The van der Waals surface area contributed by atoms with Crippen molar-refractivity contribution in [1.82, 2.24) is 0 Å². The number of rotatable bonds is 5. The molecule has 0 fully saturated rings. The van der Waals surface area contributed by atoms with E-state index in [0.29, 0.717) is 6.61 Å². The normalized spacial score (nSPS) is 13.8. The van der Waals surface area contributed by atoms with E-state index >= 15 is 0 Å². The van der Waals surface area contributed by atoms with E-state index in [9.17, 15) is 5.11 Å². The lowest BCUT2D eigenvalue weighted by Gasteiger charge is -2.22. The molecule has 100 valence electrons. The van der Waals surface area contributed by atoms with Crippen LogP contribution in [0.4, 0.5) is 0 Å². The molecule has 0 bridgehead atoms. The van der Waals surface area contributed by atoms with Gasteiger partial charge in [0.15, 0.2) is 0 Å². The molecule has 19 heavy (non-hydrogen) atoms. The number of hydrogen-bond donors (Lipinski definition) is 2. The molecular formula is C16H19NO2. The second-order valence-electron chi connectivity index (χ2n) is 4.87. The second-order valence-corrected chi connectivity index (χ2v) is 4.87. The molecule has 2 aromatic carbocycles. The summed E-state index contributed by atoms with van der Waals surface area (Å²) in [5.74, 6) is 0.793. The molecule has 0 aliphatic rings. The van der Waals surface area contributed by atoms with Crippen LogP contribution >= 0.6 is 0 Å². The van der Waals surface area contributed by atoms with E-state index < -0.39 is 5.54 Å². The minimum absolute atomic E-state index is 0.0861. The first-order valence-electron chi connectivity index (χ1n) is 6.29. The van der Waals surface area contributed by atoms with Crippen LogP contribution < -0.4 is 10.5 Å². The molecular weight excluding hydrogens is 238 g/mol. The van der Waals surface area contributed by atoms with Crippen molar-refractivity contribution < 1.29 is 9.84 Å². The molecule has 2 rings (SSSR count). The highest BCUT2D eigenvalue weighted by molar-refractivity contribution is 5.31. The van der Waals surface area contributed by atoms with E-state index in [-0.39, 0.29) is 6.61 Å². The van der Waals surface area contributed by atoms with Gasteiger partial charge in [0, 0.05) is 0 Å². The SMILES string of the molecule is CC(N)(CO)c1ccc(OCc2ccccc2)cc1. The predicted molar refractivity (Wildman–Crippen MR) is 75.8 cm³/mol. The minimum atomic E-state index is -0.710. The predicted octanol–water partition coefficient (Wildman–Crippen LogP) is 2.43. The van der Waals surface area contributed by atoms with Crippen LogP contribution in [0.3, 0.4) is 0 Å². The number of benzene rings is 2. The zero-order chi connectivity index (χ0) is 13.7. The number of aliphatic hydroxyl groups is 1. The van der Waals surface area contributed by atoms with Crippen LogP contribution in [0.15, 0.2) is 54.6 Å². The third kappa shape index (κ3) is 3.56. The molecule has 3 N–H and O–H groups in total. The lowest BCUT2D eigenvalue weighted by atomic mass is 9.94. The summed E-state index contributed by atoms with van der Waals surface area (Å²) >= 11 is 0. The van der Waals surface area contributed by atoms with E-state index in [1.54, 1.807) is 6.92 Å². The van der Waals surface area contributed by atoms with Crippen LogP contribution in [-0.2, 0) is 12.1 Å². The van der Waals surface area contributed by atoms with Gasteiger partial charge in [-0.1, -0.05) is 42.5 Å². The second kappa shape index (κ2) is 5.87. The monoisotopic (exact) mass is 257 g/mol. The Hall–Kier alpha value is -1.84. The van der Waals surface area contributed by atoms with Gasteiger partial charge < -0.3 is 15.6 Å². The Kier molecular flexibility index (Phi) is 4.20. The minimum Gasteiger partial charge on any atom is -0.489 e. The van der Waals surface area contributed by atoms with Gasteiger partial charge in [-0.3, -0.25) is 0 Å². The van der Waals surface area contributed by atoms with E-state index in [4.69, 9.17) is 10.5 Å². The third-order valence-corrected chi connectivity index (χ3v) is 3.09. The van der Waals surface area contributed by atoms with Gasteiger partial charge in [-0.25, -0.2) is 0 Å². The highest BCUT2D eigenvalue weighted by atomic mass is 16.5. The van der Waals surface area contributed by atoms with Crippen molar-refractivity contribution in [2.75, 3.05) is 6.61 Å². The highest BCUT2D eigenvalue weighted by Crippen LogP contribution is 2.21. The van der Waals surface area contributed by atoms with Gasteiger partial charge in [0.2, 0.25) is 0 Å². The Bertz CT molecular complexity index is 506. The molecule has 0 aromatic heterocycles. The maximum Gasteiger partial charge on any atom is 0.119 e. The summed E-state index contributed by atoms with van der Waals surface area (Å²) in [6.45, 7) is 2.25. The summed E-state index contributed by atoms with van der Waals surface area (Å²) in [4.78, 5) is 0. The quantitative estimate of drug-likeness (QED) is 0.865. The Morgan fingerprint density at radius 3 is 2.26 bits per heavy atom. The van der Waals surface area contributed by atoms with Crippen molar-refractivity contribution in [3.05, 3.63) is 65.7 Å². The first kappa shape index (κ1) is 13.6. The summed E-state index contributed by atoms with van der Waals surface area (Å²) < 4.78 is 5.69. The summed E-state index contributed by atoms with van der Waals surface area (Å²) in [6.07, 6.45) is 0. The molecule has 3 nitrogen and oxygen atoms in total. The van der Waals surface area contributed by atoms with Crippen molar-refractivity contribution in [3.8, 4) is 5.75 Å². The summed E-state index contributed by atoms with van der Waals surface area (Å²) in [5.41, 5.74) is 7.27. The fourth-order valence-corrected chi connectivity index (χ4v) is 1.76. The third-order valence-electron chi connectivity index (χ3n) is 3.09. The van der Waals surface area contributed by atoms with Gasteiger partial charge >= 0.3 is 0 Å². The Morgan fingerprint density at radius 2 is 1.68 bits per heavy atom. The maximum absolute atomic E-state index is 9.21. The smallest absolute Gasteiger partial charge is 0.119 e. The number of nitrogens with two attached hydrogens (primary N) is 1. The van der Waals surface area contributed by atoms with Crippen molar-refractivity contribution >= 4 is 0 Å². The molecule has 0 heterocycles. The fraction of sp³-hybridized carbons (Fsp3) is 0.250. The Balaban J connectivity index is 2.00. The molecule has 3 heteroatoms. The van der Waals surface area contributed by atoms with Crippen LogP contribution in [0.1, 0.15) is 18.1 Å². The maximum atomic E-state index is 9.21. The van der Waals surface area contributed by atoms with Crippen molar-refractivity contribution in [2.24, 2.45) is 5.73 Å². The van der Waals surface area contributed by atoms with Gasteiger partial charge in [-0.15, -0.1) is 0 Å². The Labute approximate surface area is 113 Å². The molecule has 0 aliphatic heterocycles. The van der Waals surface area contributed by atoms with Crippen LogP contribution in [0.2, 0.25) is 0 Å². The average molecular weight is 257 g/mol. The molecule has 0 amide bonds. The topological polar surface area (TPSA) is 55.5 Å². The van der Waals surface area contributed by atoms with Gasteiger partial charge in [0.05, 0.1) is 12.1 Å². The molecule has 0 saturated carbocycles. The van der Waals surface area contributed by atoms with E-state index in [2.05, 4.69) is 0 Å². The number of ether oxygens (including phenoxy) is 1. The van der Waals surface area contributed by atoms with Crippen molar-refractivity contribution in [2.45, 2.75) is 19.1 Å². The van der Waals surface area contributed by atoms with E-state index in [1.807, 2.05) is 54.6 Å². The summed E-state index contributed by atoms with van der Waals surface area (Å²) in [5, 5.41) is 9.21. The van der Waals surface area contributed by atoms with Gasteiger partial charge in [0.25, 0.3) is 0 Å².